The lowest BCUT2D eigenvalue weighted by Gasteiger charge is -2.10. The molecule has 0 spiro atoms. The number of fused-ring (bicyclic) bond motifs is 1. The third kappa shape index (κ3) is 1.69. The van der Waals surface area contributed by atoms with Crippen LogP contribution in [0.25, 0.3) is 0 Å². The van der Waals surface area contributed by atoms with Crippen LogP contribution in [0.5, 0.6) is 0 Å². The van der Waals surface area contributed by atoms with Crippen LogP contribution in [0, 0.1) is 0 Å². The van der Waals surface area contributed by atoms with Crippen molar-refractivity contribution in [1.82, 2.24) is 0 Å². The molecule has 0 aromatic carbocycles. The first-order valence-corrected chi connectivity index (χ1v) is 5.81. The van der Waals surface area contributed by atoms with Gasteiger partial charge in [-0.15, -0.1) is 11.3 Å². The largest absolute Gasteiger partial charge is 0.478 e. The molecular weight excluding hydrogens is 212 g/mol. The molecule has 0 bridgehead atoms. The number of ketones is 1. The summed E-state index contributed by atoms with van der Waals surface area (Å²) in [6.07, 6.45) is 3.86. The van der Waals surface area contributed by atoms with Gasteiger partial charge in [-0.05, 0) is 38.2 Å². The third-order valence-corrected chi connectivity index (χ3v) is 4.10. The first-order chi connectivity index (χ1) is 7.11. The molecular formula is C11H12O3S. The van der Waals surface area contributed by atoms with Crippen LogP contribution in [0.3, 0.4) is 0 Å². The zero-order valence-corrected chi connectivity index (χ0v) is 9.32. The molecule has 1 aromatic heterocycles. The Bertz CT molecular complexity index is 431. The van der Waals surface area contributed by atoms with Gasteiger partial charge in [0, 0.05) is 4.88 Å². The first-order valence-electron chi connectivity index (χ1n) is 5.00. The molecule has 0 atom stereocenters. The number of aryl methyl sites for hydroxylation is 1. The lowest BCUT2D eigenvalue weighted by atomic mass is 9.94. The van der Waals surface area contributed by atoms with Gasteiger partial charge in [0.1, 0.15) is 0 Å². The van der Waals surface area contributed by atoms with E-state index in [4.69, 9.17) is 5.11 Å². The van der Waals surface area contributed by atoms with Crippen LogP contribution >= 0.6 is 11.3 Å². The summed E-state index contributed by atoms with van der Waals surface area (Å²) in [6.45, 7) is 1.43. The van der Waals surface area contributed by atoms with Crippen molar-refractivity contribution in [1.29, 1.82) is 0 Å². The van der Waals surface area contributed by atoms with Crippen molar-refractivity contribution in [2.75, 3.05) is 0 Å². The third-order valence-electron chi connectivity index (χ3n) is 2.70. The van der Waals surface area contributed by atoms with E-state index in [1.807, 2.05) is 0 Å². The molecule has 0 unspecified atom stereocenters. The van der Waals surface area contributed by atoms with Crippen molar-refractivity contribution in [3.8, 4) is 0 Å². The molecule has 0 aliphatic heterocycles. The molecule has 15 heavy (non-hydrogen) atoms. The highest BCUT2D eigenvalue weighted by Crippen LogP contribution is 2.34. The van der Waals surface area contributed by atoms with Gasteiger partial charge in [-0.3, -0.25) is 4.79 Å². The van der Waals surface area contributed by atoms with Crippen LogP contribution in [-0.4, -0.2) is 16.9 Å². The molecule has 1 aliphatic carbocycles. The topological polar surface area (TPSA) is 54.4 Å². The van der Waals surface area contributed by atoms with Crippen LogP contribution in [-0.2, 0) is 12.8 Å². The molecule has 0 amide bonds. The van der Waals surface area contributed by atoms with Gasteiger partial charge in [0.15, 0.2) is 5.78 Å². The van der Waals surface area contributed by atoms with E-state index in [9.17, 15) is 9.59 Å². The molecule has 80 valence electrons. The quantitative estimate of drug-likeness (QED) is 0.785. The second-order valence-electron chi connectivity index (χ2n) is 3.78. The maximum Gasteiger partial charge on any atom is 0.337 e. The number of hydrogen-bond acceptors (Lipinski definition) is 3. The number of aromatic carboxylic acids is 1. The van der Waals surface area contributed by atoms with E-state index in [1.165, 1.54) is 18.3 Å². The number of Topliss-reactive ketones (excluding diaryl/α,β-unsaturated/α-hetero) is 1. The lowest BCUT2D eigenvalue weighted by Crippen LogP contribution is -2.08. The van der Waals surface area contributed by atoms with Crippen molar-refractivity contribution in [2.45, 2.75) is 32.6 Å². The van der Waals surface area contributed by atoms with Gasteiger partial charge in [-0.1, -0.05) is 0 Å². The second-order valence-corrected chi connectivity index (χ2v) is 4.88. The van der Waals surface area contributed by atoms with E-state index >= 15 is 0 Å². The average molecular weight is 224 g/mol. The predicted octanol–water partition coefficient (Wildman–Crippen LogP) is 2.53. The molecule has 1 heterocycles. The Balaban J connectivity index is 2.61. The normalized spacial score (nSPS) is 14.7. The highest BCUT2D eigenvalue weighted by molar-refractivity contribution is 7.14. The zero-order chi connectivity index (χ0) is 11.0. The van der Waals surface area contributed by atoms with Crippen molar-refractivity contribution in [2.24, 2.45) is 0 Å². The standard InChI is InChI=1S/C11H12O3S/c1-6(12)10-9(11(13)14)7-4-2-3-5-8(7)15-10/h2-5H2,1H3,(H,13,14). The monoisotopic (exact) mass is 224 g/mol. The fourth-order valence-corrected chi connectivity index (χ4v) is 3.32. The van der Waals surface area contributed by atoms with E-state index in [1.54, 1.807) is 0 Å². The van der Waals surface area contributed by atoms with Crippen LogP contribution in [0.1, 0.15) is 50.2 Å². The van der Waals surface area contributed by atoms with Gasteiger partial charge in [-0.25, -0.2) is 4.79 Å². The highest BCUT2D eigenvalue weighted by atomic mass is 32.1. The summed E-state index contributed by atoms with van der Waals surface area (Å²) in [5.74, 6) is -1.09. The minimum atomic E-state index is -0.959. The molecule has 1 aliphatic rings. The molecule has 3 nitrogen and oxygen atoms in total. The summed E-state index contributed by atoms with van der Waals surface area (Å²) in [5, 5.41) is 9.11. The van der Waals surface area contributed by atoms with Gasteiger partial charge < -0.3 is 5.11 Å². The number of rotatable bonds is 2. The summed E-state index contributed by atoms with van der Waals surface area (Å²) in [7, 11) is 0. The van der Waals surface area contributed by atoms with E-state index in [-0.39, 0.29) is 11.3 Å². The average Bonchev–Trinajstić information content (AvgIpc) is 2.56. The van der Waals surface area contributed by atoms with Crippen LogP contribution in [0.2, 0.25) is 0 Å². The summed E-state index contributed by atoms with van der Waals surface area (Å²) >= 11 is 1.37. The molecule has 4 heteroatoms. The summed E-state index contributed by atoms with van der Waals surface area (Å²) in [6, 6.07) is 0. The number of carbonyl (C=O) groups is 2. The minimum absolute atomic E-state index is 0.133. The van der Waals surface area contributed by atoms with Gasteiger partial charge in [0.25, 0.3) is 0 Å². The van der Waals surface area contributed by atoms with E-state index in [0.29, 0.717) is 4.88 Å². The van der Waals surface area contributed by atoms with E-state index < -0.39 is 5.97 Å². The minimum Gasteiger partial charge on any atom is -0.478 e. The number of carbonyl (C=O) groups excluding carboxylic acids is 1. The van der Waals surface area contributed by atoms with Crippen LogP contribution < -0.4 is 0 Å². The Morgan fingerprint density at radius 2 is 1.93 bits per heavy atom. The Hall–Kier alpha value is -1.16. The van der Waals surface area contributed by atoms with Gasteiger partial charge in [0.2, 0.25) is 0 Å². The fraction of sp³-hybridized carbons (Fsp3) is 0.455. The molecule has 0 fully saturated rings. The van der Waals surface area contributed by atoms with Gasteiger partial charge in [0.05, 0.1) is 10.4 Å². The SMILES string of the molecule is CC(=O)c1sc2c(c1C(=O)O)CCCC2. The number of carboxylic acids is 1. The molecule has 1 N–H and O–H groups in total. The Labute approximate surface area is 91.7 Å². The summed E-state index contributed by atoms with van der Waals surface area (Å²) in [4.78, 5) is 24.0. The summed E-state index contributed by atoms with van der Waals surface area (Å²) < 4.78 is 0. The van der Waals surface area contributed by atoms with Crippen molar-refractivity contribution in [3.05, 3.63) is 20.9 Å². The number of thiophene rings is 1. The zero-order valence-electron chi connectivity index (χ0n) is 8.50. The molecule has 1 aromatic rings. The smallest absolute Gasteiger partial charge is 0.337 e. The van der Waals surface area contributed by atoms with Gasteiger partial charge in [-0.2, -0.15) is 0 Å². The Kier molecular flexibility index (Phi) is 2.61. The van der Waals surface area contributed by atoms with Crippen molar-refractivity contribution >= 4 is 23.1 Å². The lowest BCUT2D eigenvalue weighted by molar-refractivity contribution is 0.0692. The van der Waals surface area contributed by atoms with Crippen LogP contribution in [0.4, 0.5) is 0 Å². The number of hydrogen-bond donors (Lipinski definition) is 1. The fourth-order valence-electron chi connectivity index (χ4n) is 2.04. The molecule has 0 saturated heterocycles. The first kappa shape index (κ1) is 10.4. The second kappa shape index (κ2) is 3.77. The molecule has 0 radical (unpaired) electrons. The maximum atomic E-state index is 11.3. The molecule has 2 rings (SSSR count). The van der Waals surface area contributed by atoms with Crippen molar-refractivity contribution < 1.29 is 14.7 Å². The van der Waals surface area contributed by atoms with E-state index in [2.05, 4.69) is 0 Å². The maximum absolute atomic E-state index is 11.3. The Morgan fingerprint density at radius 3 is 2.53 bits per heavy atom. The molecule has 0 saturated carbocycles. The summed E-state index contributed by atoms with van der Waals surface area (Å²) in [5.41, 5.74) is 1.17. The van der Waals surface area contributed by atoms with Crippen LogP contribution in [0.15, 0.2) is 0 Å². The highest BCUT2D eigenvalue weighted by Gasteiger charge is 2.26. The van der Waals surface area contributed by atoms with Gasteiger partial charge >= 0.3 is 5.97 Å². The van der Waals surface area contributed by atoms with Crippen molar-refractivity contribution in [3.63, 3.8) is 0 Å². The predicted molar refractivity (Wildman–Crippen MR) is 57.9 cm³/mol. The number of carboxylic acid groups (broad SMARTS) is 1. The van der Waals surface area contributed by atoms with E-state index in [0.717, 1.165) is 36.1 Å². The Morgan fingerprint density at radius 1 is 1.27 bits per heavy atom.